The Kier molecular flexibility index (Phi) is 5.24. The third kappa shape index (κ3) is 3.69. The fourth-order valence-corrected chi connectivity index (χ4v) is 2.96. The molecule has 0 saturated carbocycles. The van der Waals surface area contributed by atoms with Crippen molar-refractivity contribution in [3.63, 3.8) is 0 Å². The molecular formula is C21H21N5O3. The highest BCUT2D eigenvalue weighted by Gasteiger charge is 2.19. The van der Waals surface area contributed by atoms with Crippen molar-refractivity contribution in [2.75, 3.05) is 7.11 Å². The van der Waals surface area contributed by atoms with Crippen LogP contribution in [0.4, 0.5) is 0 Å². The molecule has 29 heavy (non-hydrogen) atoms. The summed E-state index contributed by atoms with van der Waals surface area (Å²) in [6.07, 6.45) is 1.75. The van der Waals surface area contributed by atoms with Gasteiger partial charge in [0.15, 0.2) is 11.2 Å². The van der Waals surface area contributed by atoms with E-state index in [0.717, 1.165) is 24.3 Å². The Balaban J connectivity index is 1.84. The van der Waals surface area contributed by atoms with Crippen LogP contribution in [0, 0.1) is 0 Å². The first-order valence-electron chi connectivity index (χ1n) is 9.45. The lowest BCUT2D eigenvalue weighted by Gasteiger charge is -2.13. The molecule has 0 aliphatic rings. The number of methoxy groups -OCH3 is 1. The number of aromatic nitrogens is 5. The summed E-state index contributed by atoms with van der Waals surface area (Å²) in [6, 6.07) is 16.8. The van der Waals surface area contributed by atoms with Crippen LogP contribution in [0.25, 0.3) is 16.9 Å². The summed E-state index contributed by atoms with van der Waals surface area (Å²) in [6.45, 7) is 2.55. The largest absolute Gasteiger partial charge is 0.497 e. The SMILES string of the molecule is CCCCn1c(Oc2ccc(OC)cc2)nc2c(nnn2-c2ccccc2)c1=O. The predicted octanol–water partition coefficient (Wildman–Crippen LogP) is 3.58. The number of ether oxygens (including phenoxy) is 2. The van der Waals surface area contributed by atoms with Gasteiger partial charge in [-0.15, -0.1) is 5.10 Å². The fourth-order valence-electron chi connectivity index (χ4n) is 2.96. The average Bonchev–Trinajstić information content (AvgIpc) is 3.19. The highest BCUT2D eigenvalue weighted by atomic mass is 16.5. The van der Waals surface area contributed by atoms with Crippen molar-refractivity contribution in [2.45, 2.75) is 26.3 Å². The standard InChI is InChI=1S/C21H21N5O3/c1-3-4-14-25-20(27)18-19(26(24-23-18)15-8-6-5-7-9-15)22-21(25)29-17-12-10-16(28-2)11-13-17/h5-13H,3-4,14H2,1-2H3. The summed E-state index contributed by atoms with van der Waals surface area (Å²) in [4.78, 5) is 17.7. The van der Waals surface area contributed by atoms with Gasteiger partial charge in [0, 0.05) is 6.54 Å². The van der Waals surface area contributed by atoms with E-state index >= 15 is 0 Å². The molecule has 2 aromatic heterocycles. The van der Waals surface area contributed by atoms with Crippen molar-refractivity contribution in [1.29, 1.82) is 0 Å². The maximum absolute atomic E-state index is 13.1. The van der Waals surface area contributed by atoms with E-state index in [9.17, 15) is 4.79 Å². The monoisotopic (exact) mass is 391 g/mol. The van der Waals surface area contributed by atoms with E-state index in [1.165, 1.54) is 4.57 Å². The lowest BCUT2D eigenvalue weighted by Crippen LogP contribution is -2.23. The Bertz CT molecular complexity index is 1170. The molecule has 2 heterocycles. The lowest BCUT2D eigenvalue weighted by atomic mass is 10.3. The van der Waals surface area contributed by atoms with Gasteiger partial charge in [-0.2, -0.15) is 9.67 Å². The van der Waals surface area contributed by atoms with Crippen molar-refractivity contribution < 1.29 is 9.47 Å². The summed E-state index contributed by atoms with van der Waals surface area (Å²) in [5.74, 6) is 1.27. The molecule has 8 nitrogen and oxygen atoms in total. The van der Waals surface area contributed by atoms with Gasteiger partial charge >= 0.3 is 6.01 Å². The third-order valence-electron chi connectivity index (χ3n) is 4.53. The molecule has 0 N–H and O–H groups in total. The second-order valence-electron chi connectivity index (χ2n) is 6.49. The van der Waals surface area contributed by atoms with E-state index in [0.29, 0.717) is 17.9 Å². The van der Waals surface area contributed by atoms with Crippen molar-refractivity contribution in [2.24, 2.45) is 0 Å². The molecule has 148 valence electrons. The minimum Gasteiger partial charge on any atom is -0.497 e. The normalized spacial score (nSPS) is 11.0. The third-order valence-corrected chi connectivity index (χ3v) is 4.53. The topological polar surface area (TPSA) is 84.1 Å². The molecule has 0 radical (unpaired) electrons. The Labute approximate surface area is 167 Å². The highest BCUT2D eigenvalue weighted by molar-refractivity contribution is 5.71. The van der Waals surface area contributed by atoms with E-state index in [-0.39, 0.29) is 17.1 Å². The molecule has 0 fully saturated rings. The molecule has 0 amide bonds. The Morgan fingerprint density at radius 2 is 1.72 bits per heavy atom. The zero-order chi connectivity index (χ0) is 20.2. The van der Waals surface area contributed by atoms with Gasteiger partial charge in [0.25, 0.3) is 5.56 Å². The first kappa shape index (κ1) is 18.7. The van der Waals surface area contributed by atoms with Gasteiger partial charge in [-0.1, -0.05) is 36.8 Å². The number of fused-ring (bicyclic) bond motifs is 1. The molecule has 8 heteroatoms. The lowest BCUT2D eigenvalue weighted by molar-refractivity contribution is 0.391. The second-order valence-corrected chi connectivity index (χ2v) is 6.49. The van der Waals surface area contributed by atoms with Crippen LogP contribution in [0.3, 0.4) is 0 Å². The summed E-state index contributed by atoms with van der Waals surface area (Å²) in [7, 11) is 1.60. The van der Waals surface area contributed by atoms with Gasteiger partial charge in [0.2, 0.25) is 0 Å². The van der Waals surface area contributed by atoms with Crippen LogP contribution in [0.15, 0.2) is 59.4 Å². The van der Waals surface area contributed by atoms with Crippen LogP contribution in [0.1, 0.15) is 19.8 Å². The molecule has 4 aromatic rings. The van der Waals surface area contributed by atoms with Crippen LogP contribution in [0.2, 0.25) is 0 Å². The van der Waals surface area contributed by atoms with Crippen LogP contribution in [-0.2, 0) is 6.54 Å². The van der Waals surface area contributed by atoms with Gasteiger partial charge in [-0.3, -0.25) is 9.36 Å². The molecule has 0 saturated heterocycles. The van der Waals surface area contributed by atoms with Gasteiger partial charge < -0.3 is 9.47 Å². The Morgan fingerprint density at radius 1 is 1.00 bits per heavy atom. The number of para-hydroxylation sites is 1. The van der Waals surface area contributed by atoms with Crippen molar-refractivity contribution in [3.05, 3.63) is 65.0 Å². The number of benzene rings is 2. The van der Waals surface area contributed by atoms with Gasteiger partial charge in [0.1, 0.15) is 11.5 Å². The van der Waals surface area contributed by atoms with E-state index in [4.69, 9.17) is 9.47 Å². The fraction of sp³-hybridized carbons (Fsp3) is 0.238. The molecule has 0 aliphatic carbocycles. The molecule has 0 spiro atoms. The molecule has 4 rings (SSSR count). The minimum atomic E-state index is -0.269. The first-order valence-corrected chi connectivity index (χ1v) is 9.45. The number of nitrogens with zero attached hydrogens (tertiary/aromatic N) is 5. The first-order chi connectivity index (χ1) is 14.2. The zero-order valence-electron chi connectivity index (χ0n) is 16.3. The van der Waals surface area contributed by atoms with Crippen LogP contribution < -0.4 is 15.0 Å². The average molecular weight is 391 g/mol. The Hall–Kier alpha value is -3.68. The van der Waals surface area contributed by atoms with Gasteiger partial charge in [-0.25, -0.2) is 0 Å². The second kappa shape index (κ2) is 8.14. The van der Waals surface area contributed by atoms with Crippen LogP contribution >= 0.6 is 0 Å². The predicted molar refractivity (Wildman–Crippen MR) is 109 cm³/mol. The minimum absolute atomic E-state index is 0.209. The summed E-state index contributed by atoms with van der Waals surface area (Å²) < 4.78 is 14.2. The van der Waals surface area contributed by atoms with Gasteiger partial charge in [-0.05, 0) is 42.8 Å². The maximum Gasteiger partial charge on any atom is 0.306 e. The molecule has 0 aliphatic heterocycles. The van der Waals surface area contributed by atoms with Crippen molar-refractivity contribution in [1.82, 2.24) is 24.5 Å². The van der Waals surface area contributed by atoms with E-state index in [1.807, 2.05) is 30.3 Å². The maximum atomic E-state index is 13.1. The summed E-state index contributed by atoms with van der Waals surface area (Å²) in [5, 5.41) is 8.22. The van der Waals surface area contributed by atoms with Crippen molar-refractivity contribution in [3.8, 4) is 23.2 Å². The Morgan fingerprint density at radius 3 is 2.41 bits per heavy atom. The molecule has 2 aromatic carbocycles. The summed E-state index contributed by atoms with van der Waals surface area (Å²) in [5.41, 5.74) is 1.07. The van der Waals surface area contributed by atoms with E-state index in [1.54, 1.807) is 36.1 Å². The van der Waals surface area contributed by atoms with E-state index < -0.39 is 0 Å². The van der Waals surface area contributed by atoms with E-state index in [2.05, 4.69) is 22.2 Å². The molecule has 0 unspecified atom stereocenters. The van der Waals surface area contributed by atoms with Crippen LogP contribution in [0.5, 0.6) is 17.5 Å². The van der Waals surface area contributed by atoms with Gasteiger partial charge in [0.05, 0.1) is 12.8 Å². The zero-order valence-corrected chi connectivity index (χ0v) is 16.3. The summed E-state index contributed by atoms with van der Waals surface area (Å²) >= 11 is 0. The number of rotatable bonds is 7. The number of hydrogen-bond donors (Lipinski definition) is 0. The highest BCUT2D eigenvalue weighted by Crippen LogP contribution is 2.24. The van der Waals surface area contributed by atoms with Crippen molar-refractivity contribution >= 4 is 11.2 Å². The number of unbranched alkanes of at least 4 members (excludes halogenated alkanes) is 1. The quantitative estimate of drug-likeness (QED) is 0.479. The smallest absolute Gasteiger partial charge is 0.306 e. The number of hydrogen-bond acceptors (Lipinski definition) is 6. The van der Waals surface area contributed by atoms with Crippen LogP contribution in [-0.4, -0.2) is 31.7 Å². The molecule has 0 atom stereocenters. The molecule has 0 bridgehead atoms. The molecular weight excluding hydrogens is 370 g/mol.